The lowest BCUT2D eigenvalue weighted by molar-refractivity contribution is -0.113. The van der Waals surface area contributed by atoms with Crippen LogP contribution in [0.5, 0.6) is 0 Å². The van der Waals surface area contributed by atoms with Crippen LogP contribution in [0.1, 0.15) is 6.92 Å². The summed E-state index contributed by atoms with van der Waals surface area (Å²) in [6, 6.07) is 0. The molecular weight excluding hydrogens is 166 g/mol. The van der Waals surface area contributed by atoms with Crippen molar-refractivity contribution in [2.24, 2.45) is 0 Å². The number of rotatable bonds is 2. The molecule has 10 heavy (non-hydrogen) atoms. The highest BCUT2D eigenvalue weighted by atomic mass is 35.5. The molecule has 0 unspecified atom stereocenters. The number of alkyl halides is 3. The van der Waals surface area contributed by atoms with Crippen LogP contribution in [-0.2, 0) is 4.79 Å². The maximum absolute atomic E-state index is 11.8. The summed E-state index contributed by atoms with van der Waals surface area (Å²) in [6.07, 6.45) is 0.368. The molecule has 5 heteroatoms. The molecule has 0 aliphatic heterocycles. The maximum atomic E-state index is 11.8. The topological polar surface area (TPSA) is 37.3 Å². The Morgan fingerprint density at radius 1 is 1.70 bits per heavy atom. The Balaban J connectivity index is 4.35. The lowest BCUT2D eigenvalue weighted by atomic mass is 10.3. The zero-order chi connectivity index (χ0) is 8.36. The van der Waals surface area contributed by atoms with E-state index in [4.69, 9.17) is 5.11 Å². The minimum Gasteiger partial charge on any atom is -0.505 e. The van der Waals surface area contributed by atoms with Crippen molar-refractivity contribution in [1.82, 2.24) is 0 Å². The van der Waals surface area contributed by atoms with Crippen LogP contribution in [0.2, 0.25) is 0 Å². The van der Waals surface area contributed by atoms with Crippen LogP contribution in [0.3, 0.4) is 0 Å². The van der Waals surface area contributed by atoms with Gasteiger partial charge in [0, 0.05) is 6.08 Å². The summed E-state index contributed by atoms with van der Waals surface area (Å²) in [5.41, 5.74) is 0. The van der Waals surface area contributed by atoms with Crippen LogP contribution in [-0.4, -0.2) is 16.3 Å². The van der Waals surface area contributed by atoms with E-state index in [1.807, 2.05) is 0 Å². The molecule has 0 saturated heterocycles. The quantitative estimate of drug-likeness (QED) is 0.390. The highest BCUT2D eigenvalue weighted by Gasteiger charge is 2.30. The maximum Gasteiger partial charge on any atom is 0.379 e. The highest BCUT2D eigenvalue weighted by molar-refractivity contribution is 6.23. The highest BCUT2D eigenvalue weighted by Crippen LogP contribution is 2.26. The SMILES string of the molecule is CC(=O)C=C(O)C(F)(F)Cl. The smallest absolute Gasteiger partial charge is 0.379 e. The summed E-state index contributed by atoms with van der Waals surface area (Å²) < 4.78 is 23.5. The fourth-order valence-corrected chi connectivity index (χ4v) is 0.329. The van der Waals surface area contributed by atoms with Crippen LogP contribution >= 0.6 is 11.6 Å². The normalized spacial score (nSPS) is 13.4. The fourth-order valence-electron chi connectivity index (χ4n) is 0.274. The Morgan fingerprint density at radius 3 is 2.20 bits per heavy atom. The molecule has 0 fully saturated rings. The largest absolute Gasteiger partial charge is 0.505 e. The molecule has 0 saturated carbocycles. The first-order chi connectivity index (χ1) is 4.34. The number of halogens is 3. The van der Waals surface area contributed by atoms with E-state index in [1.54, 1.807) is 0 Å². The van der Waals surface area contributed by atoms with E-state index < -0.39 is 16.9 Å². The standard InChI is InChI=1S/C5H5ClF2O2/c1-3(9)2-4(10)5(6,7)8/h2,10H,1H3. The Bertz CT molecular complexity index is 171. The molecule has 58 valence electrons. The van der Waals surface area contributed by atoms with Gasteiger partial charge in [-0.2, -0.15) is 8.78 Å². The number of hydrogen-bond acceptors (Lipinski definition) is 2. The minimum atomic E-state index is -3.84. The summed E-state index contributed by atoms with van der Waals surface area (Å²) in [6.45, 7) is 1.03. The van der Waals surface area contributed by atoms with E-state index in [2.05, 4.69) is 11.6 Å². The summed E-state index contributed by atoms with van der Waals surface area (Å²) in [4.78, 5) is 10.1. The van der Waals surface area contributed by atoms with Gasteiger partial charge in [0.05, 0.1) is 0 Å². The van der Waals surface area contributed by atoms with E-state index in [0.717, 1.165) is 6.92 Å². The van der Waals surface area contributed by atoms with Crippen molar-refractivity contribution >= 4 is 17.4 Å². The van der Waals surface area contributed by atoms with Crippen LogP contribution in [0.25, 0.3) is 0 Å². The lowest BCUT2D eigenvalue weighted by Crippen LogP contribution is -2.10. The number of hydrogen-bond donors (Lipinski definition) is 1. The Hall–Kier alpha value is -0.640. The third-order valence-corrected chi connectivity index (χ3v) is 0.824. The van der Waals surface area contributed by atoms with Crippen molar-refractivity contribution < 1.29 is 18.7 Å². The van der Waals surface area contributed by atoms with Crippen LogP contribution in [0.4, 0.5) is 8.78 Å². The van der Waals surface area contributed by atoms with Crippen molar-refractivity contribution in [3.63, 3.8) is 0 Å². The van der Waals surface area contributed by atoms with E-state index in [1.165, 1.54) is 0 Å². The minimum absolute atomic E-state index is 0.368. The third-order valence-electron chi connectivity index (χ3n) is 0.630. The molecule has 0 aromatic rings. The van der Waals surface area contributed by atoms with Gasteiger partial charge in [-0.25, -0.2) is 0 Å². The molecule has 0 radical (unpaired) electrons. The molecule has 0 atom stereocenters. The molecule has 0 aromatic heterocycles. The van der Waals surface area contributed by atoms with E-state index in [-0.39, 0.29) is 0 Å². The average Bonchev–Trinajstić information content (AvgIpc) is 1.60. The van der Waals surface area contributed by atoms with Crippen LogP contribution < -0.4 is 0 Å². The second-order valence-electron chi connectivity index (χ2n) is 1.64. The molecule has 0 bridgehead atoms. The zero-order valence-corrected chi connectivity index (χ0v) is 5.82. The number of allylic oxidation sites excluding steroid dienone is 2. The van der Waals surface area contributed by atoms with E-state index in [0.29, 0.717) is 6.08 Å². The number of carbonyl (C=O) groups is 1. The Kier molecular flexibility index (Phi) is 2.77. The summed E-state index contributed by atoms with van der Waals surface area (Å²) in [5, 5.41) is 4.47. The predicted octanol–water partition coefficient (Wildman–Crippen LogP) is 1.85. The molecular formula is C5H5ClF2O2. The molecule has 0 aromatic carbocycles. The second-order valence-corrected chi connectivity index (χ2v) is 2.11. The third kappa shape index (κ3) is 3.40. The molecule has 0 aliphatic carbocycles. The molecule has 0 amide bonds. The number of aliphatic hydroxyl groups excluding tert-OH is 1. The molecule has 0 rings (SSSR count). The van der Waals surface area contributed by atoms with Crippen molar-refractivity contribution in [1.29, 1.82) is 0 Å². The van der Waals surface area contributed by atoms with Crippen molar-refractivity contribution in [3.05, 3.63) is 11.8 Å². The van der Waals surface area contributed by atoms with E-state index in [9.17, 15) is 13.6 Å². The van der Waals surface area contributed by atoms with Gasteiger partial charge in [-0.1, -0.05) is 0 Å². The number of aliphatic hydroxyl groups is 1. The number of carbonyl (C=O) groups excluding carboxylic acids is 1. The van der Waals surface area contributed by atoms with Gasteiger partial charge in [-0.15, -0.1) is 0 Å². The van der Waals surface area contributed by atoms with Gasteiger partial charge in [-0.05, 0) is 18.5 Å². The monoisotopic (exact) mass is 170 g/mol. The van der Waals surface area contributed by atoms with Gasteiger partial charge in [0.1, 0.15) is 0 Å². The van der Waals surface area contributed by atoms with Crippen LogP contribution in [0.15, 0.2) is 11.8 Å². The van der Waals surface area contributed by atoms with Gasteiger partial charge in [0.15, 0.2) is 11.5 Å². The lowest BCUT2D eigenvalue weighted by Gasteiger charge is -2.03. The molecule has 1 N–H and O–H groups in total. The summed E-state index contributed by atoms with van der Waals surface area (Å²) in [5.74, 6) is -2.11. The fraction of sp³-hybridized carbons (Fsp3) is 0.400. The Morgan fingerprint density at radius 2 is 2.10 bits per heavy atom. The zero-order valence-electron chi connectivity index (χ0n) is 5.07. The summed E-state index contributed by atoms with van der Waals surface area (Å²) in [7, 11) is 0. The van der Waals surface area contributed by atoms with Gasteiger partial charge < -0.3 is 5.11 Å². The second kappa shape index (κ2) is 2.96. The summed E-state index contributed by atoms with van der Waals surface area (Å²) >= 11 is 4.32. The number of ketones is 1. The average molecular weight is 171 g/mol. The van der Waals surface area contributed by atoms with Gasteiger partial charge in [0.25, 0.3) is 0 Å². The molecule has 0 aliphatic rings. The van der Waals surface area contributed by atoms with Crippen molar-refractivity contribution in [3.8, 4) is 0 Å². The molecule has 0 spiro atoms. The van der Waals surface area contributed by atoms with Gasteiger partial charge in [0.2, 0.25) is 0 Å². The van der Waals surface area contributed by atoms with Gasteiger partial charge in [-0.3, -0.25) is 4.79 Å². The first-order valence-corrected chi connectivity index (χ1v) is 2.70. The van der Waals surface area contributed by atoms with Crippen LogP contribution in [0, 0.1) is 0 Å². The van der Waals surface area contributed by atoms with Crippen molar-refractivity contribution in [2.45, 2.75) is 12.3 Å². The van der Waals surface area contributed by atoms with Crippen molar-refractivity contribution in [2.75, 3.05) is 0 Å². The first-order valence-electron chi connectivity index (χ1n) is 2.32. The molecule has 2 nitrogen and oxygen atoms in total. The Labute approximate surface area is 61.1 Å². The first kappa shape index (κ1) is 9.36. The van der Waals surface area contributed by atoms with Gasteiger partial charge >= 0.3 is 5.38 Å². The predicted molar refractivity (Wildman–Crippen MR) is 32.2 cm³/mol. The molecule has 0 heterocycles. The van der Waals surface area contributed by atoms with E-state index >= 15 is 0 Å².